The molecule has 0 saturated heterocycles. The molecule has 6 heteroatoms. The molecule has 3 nitrogen and oxygen atoms in total. The maximum Gasteiger partial charge on any atom is 0.390 e. The Bertz CT molecular complexity index is 589. The first-order valence-electron chi connectivity index (χ1n) is 8.10. The first-order valence-corrected chi connectivity index (χ1v) is 8.10. The number of guanidine groups is 1. The zero-order chi connectivity index (χ0) is 16.5. The van der Waals surface area contributed by atoms with Crippen molar-refractivity contribution in [1.29, 1.82) is 0 Å². The largest absolute Gasteiger partial charge is 0.390 e. The Morgan fingerprint density at radius 3 is 2.61 bits per heavy atom. The van der Waals surface area contributed by atoms with E-state index in [1.807, 2.05) is 18.2 Å². The fourth-order valence-corrected chi connectivity index (χ4v) is 3.91. The number of hydrogen-bond acceptors (Lipinski definition) is 1. The van der Waals surface area contributed by atoms with Gasteiger partial charge in [0.25, 0.3) is 0 Å². The minimum Gasteiger partial charge on any atom is -0.356 e. The Morgan fingerprint density at radius 1 is 1.26 bits per heavy atom. The van der Waals surface area contributed by atoms with Gasteiger partial charge < -0.3 is 10.2 Å². The second kappa shape index (κ2) is 6.06. The number of rotatable bonds is 2. The van der Waals surface area contributed by atoms with Gasteiger partial charge in [0.2, 0.25) is 0 Å². The van der Waals surface area contributed by atoms with Crippen molar-refractivity contribution in [1.82, 2.24) is 5.32 Å². The molecule has 1 saturated carbocycles. The monoisotopic (exact) mass is 325 g/mol. The van der Waals surface area contributed by atoms with Gasteiger partial charge in [0.15, 0.2) is 5.96 Å². The third kappa shape index (κ3) is 3.16. The van der Waals surface area contributed by atoms with Crippen molar-refractivity contribution in [3.63, 3.8) is 0 Å². The SMILES string of the molecule is CN=C(NCCC(F)(F)F)N1CC2(CCCC2)c2ccccc21. The lowest BCUT2D eigenvalue weighted by Crippen LogP contribution is -2.44. The molecule has 2 aliphatic rings. The molecular weight excluding hydrogens is 303 g/mol. The van der Waals surface area contributed by atoms with Crippen LogP contribution < -0.4 is 10.2 Å². The lowest BCUT2D eigenvalue weighted by atomic mass is 9.81. The highest BCUT2D eigenvalue weighted by atomic mass is 19.4. The average molecular weight is 325 g/mol. The van der Waals surface area contributed by atoms with Crippen LogP contribution in [0.15, 0.2) is 29.3 Å². The Hall–Kier alpha value is -1.72. The predicted octanol–water partition coefficient (Wildman–Crippen LogP) is 3.85. The minimum absolute atomic E-state index is 0.137. The van der Waals surface area contributed by atoms with Gasteiger partial charge in [0, 0.05) is 31.2 Å². The second-order valence-corrected chi connectivity index (χ2v) is 6.43. The quantitative estimate of drug-likeness (QED) is 0.661. The van der Waals surface area contributed by atoms with E-state index in [1.165, 1.54) is 18.4 Å². The third-order valence-corrected chi connectivity index (χ3v) is 4.95. The molecule has 1 aromatic rings. The van der Waals surface area contributed by atoms with E-state index in [0.29, 0.717) is 5.96 Å². The summed E-state index contributed by atoms with van der Waals surface area (Å²) >= 11 is 0. The van der Waals surface area contributed by atoms with Crippen molar-refractivity contribution in [2.75, 3.05) is 25.0 Å². The van der Waals surface area contributed by atoms with Gasteiger partial charge in [-0.1, -0.05) is 31.0 Å². The Labute approximate surface area is 134 Å². The molecule has 1 spiro atoms. The number of para-hydroxylation sites is 1. The molecule has 1 aliphatic heterocycles. The van der Waals surface area contributed by atoms with Crippen molar-refractivity contribution in [3.8, 4) is 0 Å². The first-order chi connectivity index (χ1) is 11.0. The van der Waals surface area contributed by atoms with Crippen LogP contribution in [0.4, 0.5) is 18.9 Å². The zero-order valence-electron chi connectivity index (χ0n) is 13.3. The smallest absolute Gasteiger partial charge is 0.356 e. The van der Waals surface area contributed by atoms with Gasteiger partial charge in [-0.05, 0) is 24.5 Å². The second-order valence-electron chi connectivity index (χ2n) is 6.43. The molecule has 0 unspecified atom stereocenters. The number of alkyl halides is 3. The van der Waals surface area contributed by atoms with Crippen molar-refractivity contribution >= 4 is 11.6 Å². The average Bonchev–Trinajstić information content (AvgIpc) is 3.10. The summed E-state index contributed by atoms with van der Waals surface area (Å²) in [7, 11) is 1.62. The van der Waals surface area contributed by atoms with E-state index < -0.39 is 12.6 Å². The lowest BCUT2D eigenvalue weighted by molar-refractivity contribution is -0.132. The maximum atomic E-state index is 12.4. The van der Waals surface area contributed by atoms with Gasteiger partial charge in [-0.3, -0.25) is 4.99 Å². The van der Waals surface area contributed by atoms with Crippen molar-refractivity contribution in [2.24, 2.45) is 4.99 Å². The minimum atomic E-state index is -4.15. The van der Waals surface area contributed by atoms with E-state index >= 15 is 0 Å². The molecule has 1 aromatic carbocycles. The molecule has 0 amide bonds. The van der Waals surface area contributed by atoms with E-state index in [4.69, 9.17) is 0 Å². The summed E-state index contributed by atoms with van der Waals surface area (Å²) in [6.45, 7) is 0.653. The first kappa shape index (κ1) is 16.1. The molecule has 1 aliphatic carbocycles. The highest BCUT2D eigenvalue weighted by molar-refractivity contribution is 5.98. The highest BCUT2D eigenvalue weighted by Gasteiger charge is 2.45. The number of anilines is 1. The number of fused-ring (bicyclic) bond motifs is 2. The van der Waals surface area contributed by atoms with Crippen LogP contribution in [-0.2, 0) is 5.41 Å². The normalized spacial score (nSPS) is 20.2. The molecule has 0 radical (unpaired) electrons. The van der Waals surface area contributed by atoms with Crippen LogP contribution in [0.2, 0.25) is 0 Å². The molecule has 0 aromatic heterocycles. The summed E-state index contributed by atoms with van der Waals surface area (Å²) in [5.74, 6) is 0.533. The summed E-state index contributed by atoms with van der Waals surface area (Å²) in [4.78, 5) is 6.26. The summed E-state index contributed by atoms with van der Waals surface area (Å²) in [5.41, 5.74) is 2.53. The molecular formula is C17H22F3N3. The lowest BCUT2D eigenvalue weighted by Gasteiger charge is -2.26. The van der Waals surface area contributed by atoms with E-state index in [9.17, 15) is 13.2 Å². The Morgan fingerprint density at radius 2 is 1.96 bits per heavy atom. The molecule has 0 atom stereocenters. The van der Waals surface area contributed by atoms with Crippen LogP contribution in [0.25, 0.3) is 0 Å². The summed E-state index contributed by atoms with van der Waals surface area (Å²) in [6, 6.07) is 8.22. The van der Waals surface area contributed by atoms with Crippen molar-refractivity contribution in [2.45, 2.75) is 43.7 Å². The van der Waals surface area contributed by atoms with E-state index in [-0.39, 0.29) is 12.0 Å². The van der Waals surface area contributed by atoms with Crippen LogP contribution in [0.3, 0.4) is 0 Å². The standard InChI is InChI=1S/C17H22F3N3/c1-21-15(22-11-10-17(18,19)20)23-12-16(8-4-5-9-16)13-6-2-3-7-14(13)23/h2-3,6-7H,4-5,8-12H2,1H3,(H,21,22). The Balaban J connectivity index is 1.80. The summed E-state index contributed by atoms with van der Waals surface area (Å²) in [5, 5.41) is 2.87. The molecule has 1 heterocycles. The zero-order valence-corrected chi connectivity index (χ0v) is 13.3. The van der Waals surface area contributed by atoms with Crippen LogP contribution >= 0.6 is 0 Å². The maximum absolute atomic E-state index is 12.4. The van der Waals surface area contributed by atoms with Crippen LogP contribution in [0.5, 0.6) is 0 Å². The van der Waals surface area contributed by atoms with Gasteiger partial charge in [0.1, 0.15) is 0 Å². The molecule has 1 N–H and O–H groups in total. The summed E-state index contributed by atoms with van der Waals surface area (Å²) < 4.78 is 37.1. The number of benzene rings is 1. The van der Waals surface area contributed by atoms with Crippen molar-refractivity contribution in [3.05, 3.63) is 29.8 Å². The fraction of sp³-hybridized carbons (Fsp3) is 0.588. The predicted molar refractivity (Wildman–Crippen MR) is 86.0 cm³/mol. The third-order valence-electron chi connectivity index (χ3n) is 4.95. The number of nitrogens with one attached hydrogen (secondary N) is 1. The fourth-order valence-electron chi connectivity index (χ4n) is 3.91. The topological polar surface area (TPSA) is 27.6 Å². The molecule has 23 heavy (non-hydrogen) atoms. The van der Waals surface area contributed by atoms with E-state index in [1.54, 1.807) is 7.05 Å². The number of halogens is 3. The molecule has 0 bridgehead atoms. The van der Waals surface area contributed by atoms with Gasteiger partial charge >= 0.3 is 6.18 Å². The van der Waals surface area contributed by atoms with Crippen LogP contribution in [0.1, 0.15) is 37.7 Å². The van der Waals surface area contributed by atoms with Crippen LogP contribution in [-0.4, -0.2) is 32.3 Å². The van der Waals surface area contributed by atoms with E-state index in [2.05, 4.69) is 21.3 Å². The summed E-state index contributed by atoms with van der Waals surface area (Å²) in [6.07, 6.45) is -0.307. The Kier molecular flexibility index (Phi) is 4.25. The molecule has 126 valence electrons. The van der Waals surface area contributed by atoms with Gasteiger partial charge in [-0.2, -0.15) is 13.2 Å². The highest BCUT2D eigenvalue weighted by Crippen LogP contribution is 2.50. The van der Waals surface area contributed by atoms with Gasteiger partial charge in [-0.25, -0.2) is 0 Å². The number of nitrogens with zero attached hydrogens (tertiary/aromatic N) is 2. The van der Waals surface area contributed by atoms with Crippen molar-refractivity contribution < 1.29 is 13.2 Å². The number of aliphatic imine (C=N–C) groups is 1. The van der Waals surface area contributed by atoms with Gasteiger partial charge in [0.05, 0.1) is 6.42 Å². The van der Waals surface area contributed by atoms with E-state index in [0.717, 1.165) is 25.1 Å². The van der Waals surface area contributed by atoms with Gasteiger partial charge in [-0.15, -0.1) is 0 Å². The molecule has 3 rings (SSSR count). The number of hydrogen-bond donors (Lipinski definition) is 1. The molecule has 1 fully saturated rings. The van der Waals surface area contributed by atoms with Crippen LogP contribution in [0, 0.1) is 0 Å².